The van der Waals surface area contributed by atoms with E-state index in [-0.39, 0.29) is 29.7 Å². The number of hydrogen-bond acceptors (Lipinski definition) is 2. The molecule has 0 aliphatic heterocycles. The minimum atomic E-state index is -1.26. The molecule has 51 heavy (non-hydrogen) atoms. The molecule has 1 unspecified atom stereocenters. The van der Waals surface area contributed by atoms with Crippen molar-refractivity contribution in [2.24, 2.45) is 0 Å². The Morgan fingerprint density at radius 3 is 1.88 bits per heavy atom. The Morgan fingerprint density at radius 1 is 0.431 bits per heavy atom. The summed E-state index contributed by atoms with van der Waals surface area (Å²) < 4.78 is 51.4. The Hall–Kier alpha value is -6.64. The summed E-state index contributed by atoms with van der Waals surface area (Å²) in [7, 11) is 0. The third-order valence-corrected chi connectivity index (χ3v) is 10.2. The van der Waals surface area contributed by atoms with E-state index in [0.717, 1.165) is 72.4 Å². The Morgan fingerprint density at radius 2 is 1.06 bits per heavy atom. The van der Waals surface area contributed by atoms with Crippen molar-refractivity contribution in [2.45, 2.75) is 5.41 Å². The maximum atomic E-state index is 9.44. The van der Waals surface area contributed by atoms with Gasteiger partial charge in [-0.25, -0.2) is 0 Å². The smallest absolute Gasteiger partial charge is 0.135 e. The van der Waals surface area contributed by atoms with E-state index >= 15 is 0 Å². The van der Waals surface area contributed by atoms with E-state index in [4.69, 9.17) is 8.53 Å². The van der Waals surface area contributed by atoms with Gasteiger partial charge >= 0.3 is 0 Å². The maximum absolute atomic E-state index is 9.44. The number of anilines is 3. The van der Waals surface area contributed by atoms with Gasteiger partial charge in [0.1, 0.15) is 11.2 Å². The first kappa shape index (κ1) is 24.5. The summed E-state index contributed by atoms with van der Waals surface area (Å²) in [5.74, 6) is 0. The van der Waals surface area contributed by atoms with Crippen molar-refractivity contribution in [3.05, 3.63) is 222 Å². The van der Waals surface area contributed by atoms with Crippen LogP contribution in [0.5, 0.6) is 0 Å². The van der Waals surface area contributed by atoms with Crippen LogP contribution in [0, 0.1) is 0 Å². The fourth-order valence-corrected chi connectivity index (χ4v) is 7.99. The molecule has 1 aromatic heterocycles. The van der Waals surface area contributed by atoms with Crippen LogP contribution in [0.15, 0.2) is 204 Å². The highest BCUT2D eigenvalue weighted by atomic mass is 16.3. The largest absolute Gasteiger partial charge is 0.456 e. The molecule has 2 heteroatoms. The van der Waals surface area contributed by atoms with Crippen molar-refractivity contribution in [3.8, 4) is 22.3 Å². The Bertz CT molecular complexity index is 2950. The Balaban J connectivity index is 1.25. The average molecular weight is 657 g/mol. The average Bonchev–Trinajstić information content (AvgIpc) is 3.77. The van der Waals surface area contributed by atoms with E-state index in [1.165, 1.54) is 0 Å². The predicted molar refractivity (Wildman–Crippen MR) is 211 cm³/mol. The van der Waals surface area contributed by atoms with Crippen molar-refractivity contribution in [2.75, 3.05) is 4.90 Å². The van der Waals surface area contributed by atoms with Gasteiger partial charge in [-0.2, -0.15) is 0 Å². The third-order valence-electron chi connectivity index (χ3n) is 10.2. The number of rotatable bonds is 6. The van der Waals surface area contributed by atoms with Crippen molar-refractivity contribution < 1.29 is 11.3 Å². The maximum Gasteiger partial charge on any atom is 0.135 e. The summed E-state index contributed by atoms with van der Waals surface area (Å²) in [5.41, 5.74) is 9.89. The fourth-order valence-electron chi connectivity index (χ4n) is 7.99. The highest BCUT2D eigenvalue weighted by Crippen LogP contribution is 2.57. The molecule has 2 nitrogen and oxygen atoms in total. The number of fused-ring (bicyclic) bond motifs is 6. The van der Waals surface area contributed by atoms with Crippen molar-refractivity contribution in [1.82, 2.24) is 0 Å². The van der Waals surface area contributed by atoms with Gasteiger partial charge in [0, 0.05) is 27.8 Å². The second-order valence-corrected chi connectivity index (χ2v) is 12.9. The summed E-state index contributed by atoms with van der Waals surface area (Å²) in [6.45, 7) is 0. The third kappa shape index (κ3) is 4.57. The van der Waals surface area contributed by atoms with Gasteiger partial charge in [-0.15, -0.1) is 0 Å². The zero-order valence-electron chi connectivity index (χ0n) is 32.5. The first-order chi connectivity index (χ1) is 27.4. The van der Waals surface area contributed by atoms with Gasteiger partial charge < -0.3 is 9.32 Å². The molecule has 1 heterocycles. The Kier molecular flexibility index (Phi) is 5.64. The highest BCUT2D eigenvalue weighted by molar-refractivity contribution is 6.05. The van der Waals surface area contributed by atoms with E-state index < -0.39 is 11.5 Å². The highest BCUT2D eigenvalue weighted by Gasteiger charge is 2.46. The molecule has 8 aromatic carbocycles. The lowest BCUT2D eigenvalue weighted by molar-refractivity contribution is 0.668. The van der Waals surface area contributed by atoms with Crippen molar-refractivity contribution in [3.63, 3.8) is 0 Å². The summed E-state index contributed by atoms with van der Waals surface area (Å²) in [5, 5.41) is 1.83. The van der Waals surface area contributed by atoms with Crippen molar-refractivity contribution in [1.29, 1.82) is 0 Å². The van der Waals surface area contributed by atoms with Crippen LogP contribution in [0.2, 0.25) is 0 Å². The lowest BCUT2D eigenvalue weighted by Gasteiger charge is -2.34. The van der Waals surface area contributed by atoms with Gasteiger partial charge in [-0.3, -0.25) is 0 Å². The molecule has 10 rings (SSSR count). The van der Waals surface area contributed by atoms with Crippen molar-refractivity contribution >= 4 is 39.0 Å². The Labute approximate surface area is 304 Å². The molecule has 1 aliphatic rings. The minimum Gasteiger partial charge on any atom is -0.456 e. The molecule has 0 amide bonds. The van der Waals surface area contributed by atoms with Crippen LogP contribution in [0.4, 0.5) is 17.1 Å². The standard InChI is InChI=1S/C49H33NO/c1-4-14-34(15-5-1)35-24-27-39(28-25-35)50(38-18-8-3-9-19-38)40-29-30-46-43(33-40)41-20-10-12-22-45(41)49(46,36-16-6-2-7-17-36)37-26-31-48-44(32-37)42-21-11-13-23-47(42)51-48/h1-33H/i2D,6D,7D,16D,17D. The van der Waals surface area contributed by atoms with Gasteiger partial charge in [0.2, 0.25) is 0 Å². The molecule has 0 N–H and O–H groups in total. The van der Waals surface area contributed by atoms with Gasteiger partial charge in [0.25, 0.3) is 0 Å². The van der Waals surface area contributed by atoms with E-state index in [1.54, 1.807) is 0 Å². The summed E-state index contributed by atoms with van der Waals surface area (Å²) in [4.78, 5) is 2.23. The molecule has 0 bridgehead atoms. The lowest BCUT2D eigenvalue weighted by Crippen LogP contribution is -2.28. The number of hydrogen-bond donors (Lipinski definition) is 0. The molecule has 0 radical (unpaired) electrons. The second kappa shape index (κ2) is 11.8. The SMILES string of the molecule is [2H]c1c([2H])c([2H])c(C2(c3ccc4oc5ccccc5c4c3)c3ccccc3-c3cc(N(c4ccccc4)c4ccc(-c5ccccc5)cc4)ccc32)c([2H])c1[2H]. The predicted octanol–water partition coefficient (Wildman–Crippen LogP) is 13.1. The number of para-hydroxylation sites is 2. The van der Waals surface area contributed by atoms with E-state index in [2.05, 4.69) is 83.8 Å². The minimum absolute atomic E-state index is 0.214. The van der Waals surface area contributed by atoms with Gasteiger partial charge in [-0.05, 0) is 99.1 Å². The van der Waals surface area contributed by atoms with Crippen LogP contribution in [0.1, 0.15) is 29.1 Å². The zero-order chi connectivity index (χ0) is 38.1. The van der Waals surface area contributed by atoms with Gasteiger partial charge in [0.05, 0.1) is 12.3 Å². The summed E-state index contributed by atoms with van der Waals surface area (Å²) >= 11 is 0. The zero-order valence-corrected chi connectivity index (χ0v) is 27.5. The molecule has 240 valence electrons. The number of benzene rings is 8. The molecule has 0 saturated heterocycles. The number of nitrogens with zero attached hydrogens (tertiary/aromatic N) is 1. The molecule has 1 atom stereocenters. The summed E-state index contributed by atoms with van der Waals surface area (Å²) in [6.07, 6.45) is 0. The van der Waals surface area contributed by atoms with Crippen LogP contribution in [-0.2, 0) is 5.41 Å². The molecular weight excluding hydrogens is 619 g/mol. The summed E-state index contributed by atoms with van der Waals surface area (Å²) in [6, 6.07) is 55.8. The molecule has 0 saturated carbocycles. The van der Waals surface area contributed by atoms with Crippen LogP contribution in [0.3, 0.4) is 0 Å². The molecular formula is C49H33NO. The molecule has 0 spiro atoms. The first-order valence-corrected chi connectivity index (χ1v) is 17.1. The lowest BCUT2D eigenvalue weighted by atomic mass is 9.67. The van der Waals surface area contributed by atoms with Crippen LogP contribution >= 0.6 is 0 Å². The van der Waals surface area contributed by atoms with E-state index in [1.807, 2.05) is 91.0 Å². The van der Waals surface area contributed by atoms with Crippen LogP contribution in [-0.4, -0.2) is 0 Å². The van der Waals surface area contributed by atoms with Crippen LogP contribution < -0.4 is 4.90 Å². The number of furan rings is 1. The fraction of sp³-hybridized carbons (Fsp3) is 0.0204. The van der Waals surface area contributed by atoms with E-state index in [0.29, 0.717) is 5.58 Å². The van der Waals surface area contributed by atoms with Crippen LogP contribution in [0.25, 0.3) is 44.2 Å². The quantitative estimate of drug-likeness (QED) is 0.177. The van der Waals surface area contributed by atoms with E-state index in [9.17, 15) is 2.74 Å². The molecule has 9 aromatic rings. The monoisotopic (exact) mass is 656 g/mol. The topological polar surface area (TPSA) is 16.4 Å². The van der Waals surface area contributed by atoms with Gasteiger partial charge in [-0.1, -0.05) is 145 Å². The second-order valence-electron chi connectivity index (χ2n) is 12.9. The normalized spacial score (nSPS) is 16.1. The first-order valence-electron chi connectivity index (χ1n) is 19.6. The molecule has 1 aliphatic carbocycles. The van der Waals surface area contributed by atoms with Gasteiger partial charge in [0.15, 0.2) is 0 Å². The molecule has 0 fully saturated rings.